The fourth-order valence-corrected chi connectivity index (χ4v) is 3.57. The van der Waals surface area contributed by atoms with Crippen LogP contribution < -0.4 is 5.32 Å². The summed E-state index contributed by atoms with van der Waals surface area (Å²) in [6, 6.07) is 10.1. The van der Waals surface area contributed by atoms with Crippen molar-refractivity contribution >= 4 is 5.91 Å². The van der Waals surface area contributed by atoms with Crippen LogP contribution in [0.15, 0.2) is 42.7 Å². The van der Waals surface area contributed by atoms with Crippen LogP contribution in [0.3, 0.4) is 0 Å². The van der Waals surface area contributed by atoms with Gasteiger partial charge in [0.2, 0.25) is 0 Å². The molecule has 2 aromatic rings. The molecule has 1 saturated heterocycles. The average molecular weight is 355 g/mol. The van der Waals surface area contributed by atoms with Crippen molar-refractivity contribution in [3.05, 3.63) is 53.9 Å². The van der Waals surface area contributed by atoms with Crippen LogP contribution >= 0.6 is 0 Å². The molecule has 1 aliphatic heterocycles. The molecule has 140 valence electrons. The summed E-state index contributed by atoms with van der Waals surface area (Å²) < 4.78 is 7.82. The topological polar surface area (TPSA) is 46.5 Å². The molecule has 1 N–H and O–H groups in total. The Balaban J connectivity index is 1.62. The number of amides is 1. The Labute approximate surface area is 156 Å². The van der Waals surface area contributed by atoms with Crippen molar-refractivity contribution in [1.82, 2.24) is 14.8 Å². The fraction of sp³-hybridized carbons (Fsp3) is 0.476. The summed E-state index contributed by atoms with van der Waals surface area (Å²) in [6.07, 6.45) is 4.45. The number of benzene rings is 1. The lowest BCUT2D eigenvalue weighted by molar-refractivity contribution is -0.0778. The van der Waals surface area contributed by atoms with Crippen molar-refractivity contribution in [2.24, 2.45) is 0 Å². The summed E-state index contributed by atoms with van der Waals surface area (Å²) in [5.74, 6) is -0.0281. The van der Waals surface area contributed by atoms with Crippen LogP contribution in [0.4, 0.5) is 0 Å². The molecule has 5 heteroatoms. The minimum Gasteiger partial charge on any atom is -0.373 e. The van der Waals surface area contributed by atoms with Crippen LogP contribution in [-0.2, 0) is 4.74 Å². The molecule has 1 aromatic heterocycles. The Morgan fingerprint density at radius 3 is 2.54 bits per heavy atom. The molecule has 3 rings (SSSR count). The Morgan fingerprint density at radius 2 is 1.88 bits per heavy atom. The molecule has 26 heavy (non-hydrogen) atoms. The molecule has 0 radical (unpaired) electrons. The van der Waals surface area contributed by atoms with E-state index in [1.807, 2.05) is 47.3 Å². The number of carbonyl (C=O) groups is 1. The Kier molecular flexibility index (Phi) is 5.79. The van der Waals surface area contributed by atoms with Crippen LogP contribution in [-0.4, -0.2) is 53.3 Å². The summed E-state index contributed by atoms with van der Waals surface area (Å²) in [5, 5.41) is 3.09. The van der Waals surface area contributed by atoms with Crippen molar-refractivity contribution < 1.29 is 9.53 Å². The summed E-state index contributed by atoms with van der Waals surface area (Å²) in [5.41, 5.74) is 2.86. The molecule has 5 nitrogen and oxygen atoms in total. The van der Waals surface area contributed by atoms with Gasteiger partial charge in [0.25, 0.3) is 5.91 Å². The second kappa shape index (κ2) is 8.06. The van der Waals surface area contributed by atoms with E-state index in [1.54, 1.807) is 0 Å². The first-order valence-electron chi connectivity index (χ1n) is 9.35. The third kappa shape index (κ3) is 4.34. The molecular formula is C21H29N3O2. The van der Waals surface area contributed by atoms with Gasteiger partial charge in [-0.05, 0) is 57.5 Å². The zero-order valence-electron chi connectivity index (χ0n) is 16.1. The van der Waals surface area contributed by atoms with Crippen LogP contribution in [0.25, 0.3) is 5.69 Å². The number of hydrogen-bond donors (Lipinski definition) is 1. The largest absolute Gasteiger partial charge is 0.373 e. The van der Waals surface area contributed by atoms with E-state index in [-0.39, 0.29) is 24.2 Å². The molecule has 1 aromatic carbocycles. The number of morpholine rings is 1. The first kappa shape index (κ1) is 18.7. The van der Waals surface area contributed by atoms with Gasteiger partial charge < -0.3 is 14.6 Å². The van der Waals surface area contributed by atoms with Gasteiger partial charge in [0.15, 0.2) is 0 Å². The van der Waals surface area contributed by atoms with Crippen LogP contribution in [0, 0.1) is 6.92 Å². The zero-order valence-corrected chi connectivity index (χ0v) is 16.1. The van der Waals surface area contributed by atoms with Crippen molar-refractivity contribution in [3.8, 4) is 5.69 Å². The molecule has 0 aliphatic carbocycles. The first-order chi connectivity index (χ1) is 12.4. The van der Waals surface area contributed by atoms with Gasteiger partial charge in [-0.25, -0.2) is 0 Å². The maximum Gasteiger partial charge on any atom is 0.251 e. The number of nitrogens with one attached hydrogen (secondary N) is 1. The van der Waals surface area contributed by atoms with E-state index >= 15 is 0 Å². The third-order valence-corrected chi connectivity index (χ3v) is 4.98. The number of aryl methyl sites for hydroxylation is 1. The molecule has 0 bridgehead atoms. The highest BCUT2D eigenvalue weighted by Gasteiger charge is 2.25. The summed E-state index contributed by atoms with van der Waals surface area (Å²) in [4.78, 5) is 15.0. The highest BCUT2D eigenvalue weighted by molar-refractivity contribution is 5.94. The SMILES string of the molecule is Cc1ccc(C(=O)NCC(C)N2CC(C)OC(C)C2)cc1-n1cccc1. The quantitative estimate of drug-likeness (QED) is 0.897. The van der Waals surface area contributed by atoms with E-state index < -0.39 is 0 Å². The van der Waals surface area contributed by atoms with Gasteiger partial charge in [-0.1, -0.05) is 6.07 Å². The zero-order chi connectivity index (χ0) is 18.7. The molecule has 3 unspecified atom stereocenters. The van der Waals surface area contributed by atoms with Gasteiger partial charge in [-0.15, -0.1) is 0 Å². The van der Waals surface area contributed by atoms with Gasteiger partial charge in [-0.2, -0.15) is 0 Å². The molecule has 0 saturated carbocycles. The third-order valence-electron chi connectivity index (χ3n) is 4.98. The first-order valence-corrected chi connectivity index (χ1v) is 9.35. The van der Waals surface area contributed by atoms with Gasteiger partial charge in [-0.3, -0.25) is 9.69 Å². The Hall–Kier alpha value is -2.11. The molecule has 1 fully saturated rings. The van der Waals surface area contributed by atoms with Gasteiger partial charge in [0.1, 0.15) is 0 Å². The second-order valence-electron chi connectivity index (χ2n) is 7.36. The normalized spacial score (nSPS) is 22.2. The Bertz CT molecular complexity index is 732. The van der Waals surface area contributed by atoms with E-state index in [4.69, 9.17) is 4.74 Å². The predicted molar refractivity (Wildman–Crippen MR) is 104 cm³/mol. The minimum atomic E-state index is -0.0281. The number of aromatic nitrogens is 1. The predicted octanol–water partition coefficient (Wildman–Crippen LogP) is 3.01. The van der Waals surface area contributed by atoms with E-state index in [0.29, 0.717) is 12.1 Å². The van der Waals surface area contributed by atoms with E-state index in [9.17, 15) is 4.79 Å². The van der Waals surface area contributed by atoms with Crippen LogP contribution in [0.5, 0.6) is 0 Å². The molecule has 3 atom stereocenters. The fourth-order valence-electron chi connectivity index (χ4n) is 3.57. The highest BCUT2D eigenvalue weighted by Crippen LogP contribution is 2.17. The lowest BCUT2D eigenvalue weighted by atomic mass is 10.1. The lowest BCUT2D eigenvalue weighted by Crippen LogP contribution is -2.52. The van der Waals surface area contributed by atoms with Crippen LogP contribution in [0.2, 0.25) is 0 Å². The number of carbonyl (C=O) groups excluding carboxylic acids is 1. The van der Waals surface area contributed by atoms with Crippen molar-refractivity contribution in [2.45, 2.75) is 45.9 Å². The molecule has 1 aliphatic rings. The van der Waals surface area contributed by atoms with Crippen molar-refractivity contribution in [1.29, 1.82) is 0 Å². The average Bonchev–Trinajstić information content (AvgIpc) is 3.13. The van der Waals surface area contributed by atoms with Crippen LogP contribution in [0.1, 0.15) is 36.7 Å². The summed E-state index contributed by atoms with van der Waals surface area (Å²) >= 11 is 0. The standard InChI is InChI=1S/C21H29N3O2/c1-15-7-8-19(11-20(15)23-9-5-6-10-23)21(25)22-12-16(2)24-13-17(3)26-18(4)14-24/h5-11,16-18H,12-14H2,1-4H3,(H,22,25). The van der Waals surface area contributed by atoms with Crippen molar-refractivity contribution in [2.75, 3.05) is 19.6 Å². The summed E-state index contributed by atoms with van der Waals surface area (Å²) in [6.45, 7) is 10.9. The molecular weight excluding hydrogens is 326 g/mol. The van der Waals surface area contributed by atoms with Crippen molar-refractivity contribution in [3.63, 3.8) is 0 Å². The van der Waals surface area contributed by atoms with E-state index in [2.05, 4.69) is 37.9 Å². The number of ether oxygens (including phenoxy) is 1. The number of hydrogen-bond acceptors (Lipinski definition) is 3. The molecule has 2 heterocycles. The van der Waals surface area contributed by atoms with E-state index in [0.717, 1.165) is 24.3 Å². The Morgan fingerprint density at radius 1 is 1.23 bits per heavy atom. The maximum atomic E-state index is 12.6. The maximum absolute atomic E-state index is 12.6. The van der Waals surface area contributed by atoms with Gasteiger partial charge >= 0.3 is 0 Å². The lowest BCUT2D eigenvalue weighted by Gasteiger charge is -2.39. The summed E-state index contributed by atoms with van der Waals surface area (Å²) in [7, 11) is 0. The van der Waals surface area contributed by atoms with Gasteiger partial charge in [0.05, 0.1) is 12.2 Å². The minimum absolute atomic E-state index is 0.0281. The number of rotatable bonds is 5. The van der Waals surface area contributed by atoms with Gasteiger partial charge in [0, 0.05) is 49.3 Å². The smallest absolute Gasteiger partial charge is 0.251 e. The number of nitrogens with zero attached hydrogens (tertiary/aromatic N) is 2. The highest BCUT2D eigenvalue weighted by atomic mass is 16.5. The van der Waals surface area contributed by atoms with E-state index in [1.165, 1.54) is 0 Å². The molecule has 1 amide bonds. The molecule has 0 spiro atoms. The second-order valence-corrected chi connectivity index (χ2v) is 7.36. The monoisotopic (exact) mass is 355 g/mol.